The topological polar surface area (TPSA) is 26.0 Å². The average molecular weight is 202 g/mol. The Balaban J connectivity index is 0. The number of nitrogens with two attached hydrogens (primary N) is 1. The first-order valence-corrected chi connectivity index (χ1v) is 4.47. The highest BCUT2D eigenvalue weighted by Crippen LogP contribution is 1.96. The smallest absolute Gasteiger partial charge is 0.0313 e. The number of hydrogen-bond donors (Lipinski definition) is 1. The third kappa shape index (κ3) is 11.3. The van der Waals surface area contributed by atoms with Gasteiger partial charge in [-0.15, -0.1) is 12.4 Å². The van der Waals surface area contributed by atoms with E-state index >= 15 is 0 Å². The second-order valence-corrected chi connectivity index (χ2v) is 3.21. The van der Waals surface area contributed by atoms with E-state index in [1.54, 1.807) is 0 Å². The summed E-state index contributed by atoms with van der Waals surface area (Å²) in [6.45, 7) is 6.64. The van der Waals surface area contributed by atoms with Crippen molar-refractivity contribution in [3.05, 3.63) is 30.3 Å². The van der Waals surface area contributed by atoms with Crippen LogP contribution in [0.2, 0.25) is 0 Å². The maximum atomic E-state index is 5.36. The Morgan fingerprint density at radius 2 is 1.54 bits per heavy atom. The predicted molar refractivity (Wildman–Crippen MR) is 63.2 cm³/mol. The van der Waals surface area contributed by atoms with Crippen molar-refractivity contribution in [2.24, 2.45) is 5.92 Å². The van der Waals surface area contributed by atoms with Crippen LogP contribution in [0.5, 0.6) is 0 Å². The number of para-hydroxylation sites is 1. The van der Waals surface area contributed by atoms with Crippen molar-refractivity contribution in [1.29, 1.82) is 0 Å². The summed E-state index contributed by atoms with van der Waals surface area (Å²) >= 11 is 0. The van der Waals surface area contributed by atoms with Gasteiger partial charge in [0, 0.05) is 5.69 Å². The summed E-state index contributed by atoms with van der Waals surface area (Å²) < 4.78 is 0. The van der Waals surface area contributed by atoms with Gasteiger partial charge in [-0.3, -0.25) is 0 Å². The monoisotopic (exact) mass is 201 g/mol. The molecule has 0 spiro atoms. The summed E-state index contributed by atoms with van der Waals surface area (Å²) in [6.07, 6.45) is 1.31. The minimum atomic E-state index is 0. The van der Waals surface area contributed by atoms with Gasteiger partial charge >= 0.3 is 0 Å². The summed E-state index contributed by atoms with van der Waals surface area (Å²) in [5.41, 5.74) is 6.18. The van der Waals surface area contributed by atoms with Crippen LogP contribution in [-0.2, 0) is 0 Å². The summed E-state index contributed by atoms with van der Waals surface area (Å²) in [5, 5.41) is 0. The third-order valence-electron chi connectivity index (χ3n) is 1.62. The zero-order chi connectivity index (χ0) is 9.40. The van der Waals surface area contributed by atoms with Gasteiger partial charge < -0.3 is 5.73 Å². The Labute approximate surface area is 87.8 Å². The Morgan fingerprint density at radius 1 is 1.15 bits per heavy atom. The van der Waals surface area contributed by atoms with E-state index < -0.39 is 0 Å². The fourth-order valence-electron chi connectivity index (χ4n) is 0.453. The Morgan fingerprint density at radius 3 is 1.69 bits per heavy atom. The summed E-state index contributed by atoms with van der Waals surface area (Å²) in [5.74, 6) is 0.884. The van der Waals surface area contributed by atoms with E-state index in [2.05, 4.69) is 20.8 Å². The second kappa shape index (κ2) is 9.40. The highest BCUT2D eigenvalue weighted by molar-refractivity contribution is 5.85. The lowest BCUT2D eigenvalue weighted by atomic mass is 10.2. The van der Waals surface area contributed by atoms with Crippen LogP contribution in [0, 0.1) is 5.92 Å². The molecule has 76 valence electrons. The van der Waals surface area contributed by atoms with Crippen molar-refractivity contribution in [2.75, 3.05) is 5.73 Å². The molecule has 2 N–H and O–H groups in total. The van der Waals surface area contributed by atoms with Crippen LogP contribution in [-0.4, -0.2) is 0 Å². The lowest BCUT2D eigenvalue weighted by Crippen LogP contribution is -1.79. The molecule has 0 bridgehead atoms. The van der Waals surface area contributed by atoms with E-state index in [9.17, 15) is 0 Å². The van der Waals surface area contributed by atoms with E-state index in [1.807, 2.05) is 30.3 Å². The molecular weight excluding hydrogens is 182 g/mol. The van der Waals surface area contributed by atoms with Crippen LogP contribution in [0.3, 0.4) is 0 Å². The summed E-state index contributed by atoms with van der Waals surface area (Å²) in [7, 11) is 0. The van der Waals surface area contributed by atoms with Crippen LogP contribution < -0.4 is 5.73 Å². The van der Waals surface area contributed by atoms with Crippen molar-refractivity contribution in [1.82, 2.24) is 0 Å². The number of anilines is 1. The van der Waals surface area contributed by atoms with Crippen molar-refractivity contribution in [2.45, 2.75) is 27.2 Å². The maximum Gasteiger partial charge on any atom is 0.0313 e. The molecule has 0 radical (unpaired) electrons. The van der Waals surface area contributed by atoms with Crippen molar-refractivity contribution >= 4 is 18.1 Å². The van der Waals surface area contributed by atoms with Crippen LogP contribution >= 0.6 is 12.4 Å². The maximum absolute atomic E-state index is 5.36. The minimum absolute atomic E-state index is 0. The highest BCUT2D eigenvalue weighted by atomic mass is 35.5. The second-order valence-electron chi connectivity index (χ2n) is 3.21. The lowest BCUT2D eigenvalue weighted by Gasteiger charge is -1.90. The molecule has 0 atom stereocenters. The number of rotatable bonds is 1. The molecule has 0 fully saturated rings. The normalized spacial score (nSPS) is 8.31. The molecule has 0 amide bonds. The van der Waals surface area contributed by atoms with Crippen molar-refractivity contribution < 1.29 is 0 Å². The largest absolute Gasteiger partial charge is 0.399 e. The predicted octanol–water partition coefficient (Wildman–Crippen LogP) is 3.74. The summed E-state index contributed by atoms with van der Waals surface area (Å²) in [6, 6.07) is 9.49. The fraction of sp³-hybridized carbons (Fsp3) is 0.455. The zero-order valence-electron chi connectivity index (χ0n) is 8.66. The molecule has 0 heterocycles. The molecule has 0 saturated carbocycles. The molecule has 2 heteroatoms. The average Bonchev–Trinajstić information content (AvgIpc) is 2.07. The van der Waals surface area contributed by atoms with E-state index in [1.165, 1.54) is 6.42 Å². The highest BCUT2D eigenvalue weighted by Gasteiger charge is 1.80. The molecule has 0 aliphatic carbocycles. The molecule has 1 rings (SSSR count). The Hall–Kier alpha value is -0.690. The zero-order valence-corrected chi connectivity index (χ0v) is 9.47. The van der Waals surface area contributed by atoms with Gasteiger partial charge in [0.2, 0.25) is 0 Å². The van der Waals surface area contributed by atoms with Gasteiger partial charge in [0.15, 0.2) is 0 Å². The SMILES string of the molecule is CCC(C)C.Cl.Nc1ccccc1. The van der Waals surface area contributed by atoms with Gasteiger partial charge in [-0.2, -0.15) is 0 Å². The van der Waals surface area contributed by atoms with Gasteiger partial charge in [-0.25, -0.2) is 0 Å². The lowest BCUT2D eigenvalue weighted by molar-refractivity contribution is 0.626. The first-order chi connectivity index (χ1) is 5.66. The fourth-order valence-corrected chi connectivity index (χ4v) is 0.453. The third-order valence-corrected chi connectivity index (χ3v) is 1.62. The van der Waals surface area contributed by atoms with E-state index in [0.717, 1.165) is 11.6 Å². The summed E-state index contributed by atoms with van der Waals surface area (Å²) in [4.78, 5) is 0. The quantitative estimate of drug-likeness (QED) is 0.689. The molecule has 0 aliphatic rings. The van der Waals surface area contributed by atoms with Gasteiger partial charge in [-0.1, -0.05) is 45.4 Å². The minimum Gasteiger partial charge on any atom is -0.399 e. The first-order valence-electron chi connectivity index (χ1n) is 4.47. The molecule has 1 aromatic rings. The van der Waals surface area contributed by atoms with Gasteiger partial charge in [-0.05, 0) is 18.1 Å². The van der Waals surface area contributed by atoms with Crippen LogP contribution in [0.25, 0.3) is 0 Å². The van der Waals surface area contributed by atoms with E-state index in [0.29, 0.717) is 0 Å². The van der Waals surface area contributed by atoms with Crippen LogP contribution in [0.1, 0.15) is 27.2 Å². The number of nitrogen functional groups attached to an aromatic ring is 1. The molecule has 0 aromatic heterocycles. The molecule has 0 unspecified atom stereocenters. The van der Waals surface area contributed by atoms with Gasteiger partial charge in [0.05, 0.1) is 0 Å². The first kappa shape index (κ1) is 14.8. The molecule has 13 heavy (non-hydrogen) atoms. The molecule has 1 aromatic carbocycles. The van der Waals surface area contributed by atoms with E-state index in [4.69, 9.17) is 5.73 Å². The number of halogens is 1. The van der Waals surface area contributed by atoms with Crippen molar-refractivity contribution in [3.8, 4) is 0 Å². The van der Waals surface area contributed by atoms with Crippen molar-refractivity contribution in [3.63, 3.8) is 0 Å². The Kier molecular flexibility index (Phi) is 10.7. The number of benzene rings is 1. The van der Waals surface area contributed by atoms with Crippen LogP contribution in [0.15, 0.2) is 30.3 Å². The molecular formula is C11H20ClN. The van der Waals surface area contributed by atoms with Gasteiger partial charge in [0.25, 0.3) is 0 Å². The molecule has 0 aliphatic heterocycles. The van der Waals surface area contributed by atoms with Gasteiger partial charge in [0.1, 0.15) is 0 Å². The number of hydrogen-bond acceptors (Lipinski definition) is 1. The standard InChI is InChI=1S/C6H7N.C5H12.ClH/c7-6-4-2-1-3-5-6;1-4-5(2)3;/h1-5H,7H2;5H,4H2,1-3H3;1H. The Bertz CT molecular complexity index is 185. The van der Waals surface area contributed by atoms with E-state index in [-0.39, 0.29) is 12.4 Å². The molecule has 1 nitrogen and oxygen atoms in total. The van der Waals surface area contributed by atoms with Crippen LogP contribution in [0.4, 0.5) is 5.69 Å². The molecule has 0 saturated heterocycles.